The van der Waals surface area contributed by atoms with Crippen LogP contribution in [0.1, 0.15) is 30.4 Å². The molecule has 0 spiro atoms. The summed E-state index contributed by atoms with van der Waals surface area (Å²) in [5.74, 6) is 0.608. The lowest BCUT2D eigenvalue weighted by Crippen LogP contribution is -2.34. The van der Waals surface area contributed by atoms with Crippen molar-refractivity contribution in [1.82, 2.24) is 5.32 Å². The number of benzene rings is 1. The second-order valence-electron chi connectivity index (χ2n) is 4.51. The molecule has 1 saturated heterocycles. The van der Waals surface area contributed by atoms with E-state index in [2.05, 4.69) is 5.32 Å². The third-order valence-electron chi connectivity index (χ3n) is 3.11. The highest BCUT2D eigenvalue weighted by Gasteiger charge is 2.18. The van der Waals surface area contributed by atoms with Crippen molar-refractivity contribution in [2.45, 2.75) is 32.3 Å². The molecular formula is C13H16ClF2NO. The molecule has 1 N–H and O–H groups in total. The van der Waals surface area contributed by atoms with E-state index in [4.69, 9.17) is 16.3 Å². The first kappa shape index (κ1) is 13.6. The SMILES string of the molecule is Cc1cc(C(F)F)c(Cl)cc1OC1CCNCC1. The molecule has 1 heterocycles. The lowest BCUT2D eigenvalue weighted by molar-refractivity contribution is 0.150. The molecule has 0 bridgehead atoms. The normalized spacial score (nSPS) is 17.2. The van der Waals surface area contributed by atoms with Crippen LogP contribution >= 0.6 is 11.6 Å². The molecule has 0 saturated carbocycles. The molecule has 0 radical (unpaired) electrons. The lowest BCUT2D eigenvalue weighted by Gasteiger charge is -2.25. The zero-order valence-corrected chi connectivity index (χ0v) is 10.9. The smallest absolute Gasteiger partial charge is 0.265 e. The molecule has 0 amide bonds. The van der Waals surface area contributed by atoms with E-state index in [1.807, 2.05) is 0 Å². The zero-order valence-electron chi connectivity index (χ0n) is 10.2. The van der Waals surface area contributed by atoms with Crippen molar-refractivity contribution in [3.8, 4) is 5.75 Å². The van der Waals surface area contributed by atoms with Crippen LogP contribution in [0.25, 0.3) is 0 Å². The van der Waals surface area contributed by atoms with Crippen molar-refractivity contribution in [3.05, 3.63) is 28.3 Å². The summed E-state index contributed by atoms with van der Waals surface area (Å²) in [5.41, 5.74) is 0.570. The quantitative estimate of drug-likeness (QED) is 0.908. The maximum atomic E-state index is 12.7. The number of alkyl halides is 2. The first-order chi connectivity index (χ1) is 8.58. The van der Waals surface area contributed by atoms with Crippen LogP contribution in [0.5, 0.6) is 5.75 Å². The monoisotopic (exact) mass is 275 g/mol. The van der Waals surface area contributed by atoms with Gasteiger partial charge in [0.05, 0.1) is 5.02 Å². The van der Waals surface area contributed by atoms with Crippen molar-refractivity contribution in [2.24, 2.45) is 0 Å². The number of aryl methyl sites for hydroxylation is 1. The third-order valence-corrected chi connectivity index (χ3v) is 3.44. The Morgan fingerprint density at radius 2 is 2.00 bits per heavy atom. The molecule has 1 aliphatic rings. The topological polar surface area (TPSA) is 21.3 Å². The van der Waals surface area contributed by atoms with Crippen LogP contribution in [-0.4, -0.2) is 19.2 Å². The number of ether oxygens (including phenoxy) is 1. The third kappa shape index (κ3) is 3.12. The summed E-state index contributed by atoms with van der Waals surface area (Å²) >= 11 is 5.84. The van der Waals surface area contributed by atoms with Crippen molar-refractivity contribution in [1.29, 1.82) is 0 Å². The molecule has 1 aromatic rings. The Balaban J connectivity index is 2.15. The lowest BCUT2D eigenvalue weighted by atomic mass is 10.1. The Kier molecular flexibility index (Phi) is 4.40. The summed E-state index contributed by atoms with van der Waals surface area (Å²) in [6.07, 6.45) is -0.566. The van der Waals surface area contributed by atoms with Crippen LogP contribution in [-0.2, 0) is 0 Å². The molecule has 2 nitrogen and oxygen atoms in total. The van der Waals surface area contributed by atoms with Gasteiger partial charge in [-0.05, 0) is 50.6 Å². The number of nitrogens with one attached hydrogen (secondary N) is 1. The van der Waals surface area contributed by atoms with Crippen molar-refractivity contribution in [3.63, 3.8) is 0 Å². The average molecular weight is 276 g/mol. The van der Waals surface area contributed by atoms with E-state index in [1.54, 1.807) is 6.92 Å². The van der Waals surface area contributed by atoms with Gasteiger partial charge in [0.15, 0.2) is 0 Å². The summed E-state index contributed by atoms with van der Waals surface area (Å²) in [5, 5.41) is 3.31. The molecule has 0 aliphatic carbocycles. The van der Waals surface area contributed by atoms with E-state index in [1.165, 1.54) is 12.1 Å². The van der Waals surface area contributed by atoms with Crippen LogP contribution in [0.3, 0.4) is 0 Å². The van der Waals surface area contributed by atoms with E-state index >= 15 is 0 Å². The van der Waals surface area contributed by atoms with Gasteiger partial charge in [-0.1, -0.05) is 11.6 Å². The molecule has 2 rings (SSSR count). The van der Waals surface area contributed by atoms with Crippen molar-refractivity contribution < 1.29 is 13.5 Å². The Labute approximate surface area is 110 Å². The maximum absolute atomic E-state index is 12.7. The van der Waals surface area contributed by atoms with Gasteiger partial charge < -0.3 is 10.1 Å². The molecule has 100 valence electrons. The van der Waals surface area contributed by atoms with Crippen LogP contribution in [0, 0.1) is 6.92 Å². The Morgan fingerprint density at radius 3 is 2.61 bits per heavy atom. The van der Waals surface area contributed by atoms with Gasteiger partial charge in [0.2, 0.25) is 0 Å². The Bertz CT molecular complexity index is 420. The Hall–Kier alpha value is -0.870. The van der Waals surface area contributed by atoms with Gasteiger partial charge in [-0.3, -0.25) is 0 Å². The molecule has 1 aromatic carbocycles. The summed E-state index contributed by atoms with van der Waals surface area (Å²) in [6, 6.07) is 2.91. The molecule has 1 fully saturated rings. The predicted molar refractivity (Wildman–Crippen MR) is 67.7 cm³/mol. The van der Waals surface area contributed by atoms with Crippen LogP contribution < -0.4 is 10.1 Å². The number of hydrogen-bond donors (Lipinski definition) is 1. The van der Waals surface area contributed by atoms with Crippen LogP contribution in [0.2, 0.25) is 5.02 Å². The first-order valence-electron chi connectivity index (χ1n) is 6.03. The highest BCUT2D eigenvalue weighted by atomic mass is 35.5. The second kappa shape index (κ2) is 5.85. The highest BCUT2D eigenvalue weighted by molar-refractivity contribution is 6.31. The summed E-state index contributed by atoms with van der Waals surface area (Å²) in [6.45, 7) is 3.61. The van der Waals surface area contributed by atoms with Gasteiger partial charge in [-0.25, -0.2) is 8.78 Å². The molecular weight excluding hydrogens is 260 g/mol. The standard InChI is InChI=1S/C13H16ClF2NO/c1-8-6-10(13(15)16)11(14)7-12(8)18-9-2-4-17-5-3-9/h6-7,9,13,17H,2-5H2,1H3. The number of hydrogen-bond acceptors (Lipinski definition) is 2. The summed E-state index contributed by atoms with van der Waals surface area (Å²) < 4.78 is 31.2. The van der Waals surface area contributed by atoms with E-state index in [0.717, 1.165) is 25.9 Å². The van der Waals surface area contributed by atoms with Gasteiger partial charge in [0.25, 0.3) is 6.43 Å². The number of piperidine rings is 1. The molecule has 0 unspecified atom stereocenters. The number of halogens is 3. The highest BCUT2D eigenvalue weighted by Crippen LogP contribution is 2.33. The predicted octanol–water partition coefficient (Wildman–Crippen LogP) is 3.72. The van der Waals surface area contributed by atoms with Gasteiger partial charge in [-0.15, -0.1) is 0 Å². The fourth-order valence-electron chi connectivity index (χ4n) is 2.07. The van der Waals surface area contributed by atoms with Gasteiger partial charge in [-0.2, -0.15) is 0 Å². The first-order valence-corrected chi connectivity index (χ1v) is 6.41. The average Bonchev–Trinajstić information content (AvgIpc) is 2.34. The minimum Gasteiger partial charge on any atom is -0.490 e. The van der Waals surface area contributed by atoms with Crippen LogP contribution in [0.4, 0.5) is 8.78 Å². The minimum absolute atomic E-state index is 0.0690. The fraction of sp³-hybridized carbons (Fsp3) is 0.538. The molecule has 1 aliphatic heterocycles. The minimum atomic E-state index is -2.55. The van der Waals surface area contributed by atoms with Gasteiger partial charge in [0, 0.05) is 5.56 Å². The largest absolute Gasteiger partial charge is 0.490 e. The maximum Gasteiger partial charge on any atom is 0.265 e. The molecule has 0 atom stereocenters. The van der Waals surface area contributed by atoms with Crippen molar-refractivity contribution >= 4 is 11.6 Å². The summed E-state index contributed by atoms with van der Waals surface area (Å²) in [7, 11) is 0. The number of rotatable bonds is 3. The fourth-order valence-corrected chi connectivity index (χ4v) is 2.31. The van der Waals surface area contributed by atoms with Crippen LogP contribution in [0.15, 0.2) is 12.1 Å². The van der Waals surface area contributed by atoms with Gasteiger partial charge in [0.1, 0.15) is 11.9 Å². The molecule has 5 heteroatoms. The van der Waals surface area contributed by atoms with E-state index in [0.29, 0.717) is 11.3 Å². The molecule has 0 aromatic heterocycles. The summed E-state index contributed by atoms with van der Waals surface area (Å²) in [4.78, 5) is 0. The van der Waals surface area contributed by atoms with Gasteiger partial charge >= 0.3 is 0 Å². The van der Waals surface area contributed by atoms with E-state index < -0.39 is 6.43 Å². The van der Waals surface area contributed by atoms with Crippen molar-refractivity contribution in [2.75, 3.05) is 13.1 Å². The van der Waals surface area contributed by atoms with E-state index in [-0.39, 0.29) is 16.7 Å². The Morgan fingerprint density at radius 1 is 1.33 bits per heavy atom. The zero-order chi connectivity index (χ0) is 13.1. The van der Waals surface area contributed by atoms with E-state index in [9.17, 15) is 8.78 Å². The second-order valence-corrected chi connectivity index (χ2v) is 4.91. The molecule has 18 heavy (non-hydrogen) atoms.